The molecule has 8 nitrogen and oxygen atoms in total. The van der Waals surface area contributed by atoms with Gasteiger partial charge in [-0.25, -0.2) is 4.98 Å². The molecule has 0 saturated heterocycles. The number of carboxylic acid groups (broad SMARTS) is 1. The average Bonchev–Trinajstić information content (AvgIpc) is 2.89. The van der Waals surface area contributed by atoms with Crippen LogP contribution in [0.25, 0.3) is 0 Å². The number of aromatic amines is 1. The van der Waals surface area contributed by atoms with E-state index < -0.39 is 12.0 Å². The molecule has 20 heavy (non-hydrogen) atoms. The summed E-state index contributed by atoms with van der Waals surface area (Å²) in [6.45, 7) is 0.761. The van der Waals surface area contributed by atoms with Gasteiger partial charge in [0.15, 0.2) is 0 Å². The highest BCUT2D eigenvalue weighted by atomic mass is 16.5. The van der Waals surface area contributed by atoms with Gasteiger partial charge in [0, 0.05) is 26.6 Å². The summed E-state index contributed by atoms with van der Waals surface area (Å²) in [5, 5.41) is 12.0. The maximum atomic E-state index is 12.4. The molecule has 0 spiro atoms. The van der Waals surface area contributed by atoms with Crippen LogP contribution in [0, 0.1) is 0 Å². The highest BCUT2D eigenvalue weighted by molar-refractivity contribution is 5.85. The summed E-state index contributed by atoms with van der Waals surface area (Å²) in [5.74, 6) is -1.27. The molecule has 8 heteroatoms. The molecule has 0 radical (unpaired) electrons. The zero-order valence-corrected chi connectivity index (χ0v) is 11.3. The molecule has 1 aromatic rings. The number of carbonyl (C=O) groups excluding carboxylic acids is 1. The van der Waals surface area contributed by atoms with E-state index in [-0.39, 0.29) is 19.0 Å². The molecule has 1 atom stereocenters. The van der Waals surface area contributed by atoms with E-state index >= 15 is 0 Å². The van der Waals surface area contributed by atoms with Crippen molar-refractivity contribution in [1.29, 1.82) is 0 Å². The first-order valence-corrected chi connectivity index (χ1v) is 6.36. The van der Waals surface area contributed by atoms with Crippen LogP contribution < -0.4 is 5.32 Å². The van der Waals surface area contributed by atoms with Gasteiger partial charge in [0.1, 0.15) is 6.54 Å². The Balaban J connectivity index is 2.02. The molecule has 1 amide bonds. The van der Waals surface area contributed by atoms with Crippen LogP contribution in [0.3, 0.4) is 0 Å². The van der Waals surface area contributed by atoms with E-state index in [1.54, 1.807) is 6.33 Å². The lowest BCUT2D eigenvalue weighted by Gasteiger charge is -2.28. The number of hydrogen-bond donors (Lipinski definition) is 3. The maximum Gasteiger partial charge on any atom is 0.323 e. The topological polar surface area (TPSA) is 108 Å². The van der Waals surface area contributed by atoms with E-state index in [4.69, 9.17) is 9.84 Å². The Kier molecular flexibility index (Phi) is 4.70. The number of amides is 1. The Morgan fingerprint density at radius 1 is 1.60 bits per heavy atom. The number of carboxylic acids is 1. The largest absolute Gasteiger partial charge is 0.480 e. The van der Waals surface area contributed by atoms with E-state index in [2.05, 4.69) is 15.3 Å². The molecular weight excluding hydrogens is 264 g/mol. The summed E-state index contributed by atoms with van der Waals surface area (Å²) >= 11 is 0. The molecule has 1 aliphatic rings. The van der Waals surface area contributed by atoms with Crippen LogP contribution >= 0.6 is 0 Å². The van der Waals surface area contributed by atoms with Crippen molar-refractivity contribution in [2.24, 2.45) is 0 Å². The third-order valence-corrected chi connectivity index (χ3v) is 3.23. The number of nitrogens with one attached hydrogen (secondary N) is 2. The Bertz CT molecular complexity index is 488. The number of rotatable bonds is 6. The van der Waals surface area contributed by atoms with E-state index in [9.17, 15) is 9.59 Å². The minimum Gasteiger partial charge on any atom is -0.480 e. The molecule has 2 heterocycles. The number of H-pyrrole nitrogens is 1. The van der Waals surface area contributed by atoms with Gasteiger partial charge >= 0.3 is 5.97 Å². The number of ether oxygens (including phenoxy) is 1. The lowest BCUT2D eigenvalue weighted by atomic mass is 10.0. The number of hydrogen-bond acceptors (Lipinski definition) is 5. The number of aliphatic carboxylic acids is 1. The fourth-order valence-electron chi connectivity index (χ4n) is 2.20. The third-order valence-electron chi connectivity index (χ3n) is 3.23. The van der Waals surface area contributed by atoms with E-state index in [0.29, 0.717) is 19.6 Å². The first kappa shape index (κ1) is 14.5. The Morgan fingerprint density at radius 3 is 3.10 bits per heavy atom. The summed E-state index contributed by atoms with van der Waals surface area (Å²) in [5.41, 5.74) is 1.82. The van der Waals surface area contributed by atoms with Crippen molar-refractivity contribution in [1.82, 2.24) is 20.2 Å². The van der Waals surface area contributed by atoms with Gasteiger partial charge in [0.25, 0.3) is 0 Å². The smallest absolute Gasteiger partial charge is 0.323 e. The van der Waals surface area contributed by atoms with E-state index in [0.717, 1.165) is 11.4 Å². The van der Waals surface area contributed by atoms with Crippen molar-refractivity contribution in [2.45, 2.75) is 19.0 Å². The van der Waals surface area contributed by atoms with Crippen LogP contribution in [-0.2, 0) is 27.3 Å². The molecule has 0 saturated carbocycles. The molecule has 1 aromatic heterocycles. The number of methoxy groups -OCH3 is 1. The minimum absolute atomic E-state index is 0.238. The second-order valence-electron chi connectivity index (χ2n) is 4.61. The van der Waals surface area contributed by atoms with Gasteiger partial charge in [0.05, 0.1) is 30.4 Å². The lowest BCUT2D eigenvalue weighted by Crippen LogP contribution is -2.51. The highest BCUT2D eigenvalue weighted by Crippen LogP contribution is 2.13. The third kappa shape index (κ3) is 3.34. The van der Waals surface area contributed by atoms with Crippen molar-refractivity contribution >= 4 is 11.9 Å². The quantitative estimate of drug-likeness (QED) is 0.616. The maximum absolute atomic E-state index is 12.4. The summed E-state index contributed by atoms with van der Waals surface area (Å²) in [7, 11) is 1.51. The van der Waals surface area contributed by atoms with Gasteiger partial charge in [-0.15, -0.1) is 0 Å². The molecule has 0 bridgehead atoms. The molecule has 1 aliphatic heterocycles. The Morgan fingerprint density at radius 2 is 2.40 bits per heavy atom. The normalized spacial score (nSPS) is 17.6. The van der Waals surface area contributed by atoms with Gasteiger partial charge in [-0.1, -0.05) is 0 Å². The standard InChI is InChI=1S/C12H18N4O4/c1-20-3-2-16(6-11(17)18)12(19)9-4-8-10(5-13-9)15-7-14-8/h7,9,13H,2-6H2,1H3,(H,14,15)(H,17,18). The molecule has 0 aliphatic carbocycles. The van der Waals surface area contributed by atoms with E-state index in [1.807, 2.05) is 0 Å². The Hall–Kier alpha value is -1.93. The number of aromatic nitrogens is 2. The van der Waals surface area contributed by atoms with Crippen molar-refractivity contribution in [2.75, 3.05) is 26.8 Å². The summed E-state index contributed by atoms with van der Waals surface area (Å²) in [4.78, 5) is 31.7. The molecule has 3 N–H and O–H groups in total. The van der Waals surface area contributed by atoms with Crippen LogP contribution in [0.5, 0.6) is 0 Å². The van der Waals surface area contributed by atoms with Crippen LogP contribution in [0.1, 0.15) is 11.4 Å². The minimum atomic E-state index is -1.04. The number of imidazole rings is 1. The predicted octanol–water partition coefficient (Wildman–Crippen LogP) is -1.02. The fraction of sp³-hybridized carbons (Fsp3) is 0.583. The van der Waals surface area contributed by atoms with E-state index in [1.165, 1.54) is 12.0 Å². The van der Waals surface area contributed by atoms with Crippen molar-refractivity contribution in [3.8, 4) is 0 Å². The van der Waals surface area contributed by atoms with Crippen molar-refractivity contribution < 1.29 is 19.4 Å². The van der Waals surface area contributed by atoms with Crippen molar-refractivity contribution in [3.63, 3.8) is 0 Å². The number of carbonyl (C=O) groups is 2. The fourth-order valence-corrected chi connectivity index (χ4v) is 2.20. The summed E-state index contributed by atoms with van der Waals surface area (Å²) in [6.07, 6.45) is 2.06. The molecule has 0 aromatic carbocycles. The van der Waals surface area contributed by atoms with Gasteiger partial charge < -0.3 is 19.7 Å². The summed E-state index contributed by atoms with van der Waals surface area (Å²) in [6, 6.07) is -0.443. The number of nitrogens with zero attached hydrogens (tertiary/aromatic N) is 2. The molecule has 0 fully saturated rings. The molecular formula is C12H18N4O4. The second kappa shape index (κ2) is 6.49. The monoisotopic (exact) mass is 282 g/mol. The van der Waals surface area contributed by atoms with Gasteiger partial charge in [-0.05, 0) is 0 Å². The van der Waals surface area contributed by atoms with Crippen LogP contribution in [0.2, 0.25) is 0 Å². The lowest BCUT2D eigenvalue weighted by molar-refractivity contribution is -0.145. The zero-order valence-electron chi connectivity index (χ0n) is 11.3. The molecule has 110 valence electrons. The van der Waals surface area contributed by atoms with Crippen LogP contribution in [0.15, 0.2) is 6.33 Å². The van der Waals surface area contributed by atoms with Gasteiger partial charge in [0.2, 0.25) is 5.91 Å². The average molecular weight is 282 g/mol. The first-order chi connectivity index (χ1) is 9.61. The van der Waals surface area contributed by atoms with Crippen molar-refractivity contribution in [3.05, 3.63) is 17.7 Å². The van der Waals surface area contributed by atoms with Gasteiger partial charge in [-0.2, -0.15) is 0 Å². The molecule has 1 unspecified atom stereocenters. The van der Waals surface area contributed by atoms with Crippen LogP contribution in [-0.4, -0.2) is 64.7 Å². The molecule has 2 rings (SSSR count). The first-order valence-electron chi connectivity index (χ1n) is 6.36. The Labute approximate surface area is 116 Å². The predicted molar refractivity (Wildman–Crippen MR) is 69.0 cm³/mol. The highest BCUT2D eigenvalue weighted by Gasteiger charge is 2.30. The SMILES string of the molecule is COCCN(CC(=O)O)C(=O)C1Cc2nc[nH]c2CN1. The van der Waals surface area contributed by atoms with Crippen LogP contribution in [0.4, 0.5) is 0 Å². The van der Waals surface area contributed by atoms with Gasteiger partial charge in [-0.3, -0.25) is 14.9 Å². The second-order valence-corrected chi connectivity index (χ2v) is 4.61. The summed E-state index contributed by atoms with van der Waals surface area (Å²) < 4.78 is 4.91. The zero-order chi connectivity index (χ0) is 14.5. The number of fused-ring (bicyclic) bond motifs is 1.